The molecule has 2 aliphatic heterocycles. The van der Waals surface area contributed by atoms with Gasteiger partial charge >= 0.3 is 0 Å². The van der Waals surface area contributed by atoms with Crippen LogP contribution in [-0.4, -0.2) is 65.2 Å². The molecule has 2 heterocycles. The van der Waals surface area contributed by atoms with Crippen molar-refractivity contribution in [2.45, 2.75) is 36.6 Å². The van der Waals surface area contributed by atoms with Gasteiger partial charge in [0.25, 0.3) is 0 Å². The summed E-state index contributed by atoms with van der Waals surface area (Å²) in [6.45, 7) is 2.90. The SMILES string of the molecule is CN(C(=O)CCNS(=O)(=O)c1ccc2c(c1)OCCCO2)C1CCNCC1.Cl. The van der Waals surface area contributed by atoms with Crippen LogP contribution in [0, 0.1) is 0 Å². The normalized spacial score (nSPS) is 17.3. The lowest BCUT2D eigenvalue weighted by atomic mass is 10.1. The first kappa shape index (κ1) is 22.7. The predicted octanol–water partition coefficient (Wildman–Crippen LogP) is 1.15. The summed E-state index contributed by atoms with van der Waals surface area (Å²) < 4.78 is 38.6. The quantitative estimate of drug-likeness (QED) is 0.698. The molecule has 0 radical (unpaired) electrons. The minimum absolute atomic E-state index is 0. The van der Waals surface area contributed by atoms with Gasteiger partial charge in [0, 0.05) is 38.5 Å². The Morgan fingerprint density at radius 1 is 1.21 bits per heavy atom. The van der Waals surface area contributed by atoms with Gasteiger partial charge in [-0.1, -0.05) is 0 Å². The third-order valence-electron chi connectivity index (χ3n) is 4.91. The summed E-state index contributed by atoms with van der Waals surface area (Å²) in [5.41, 5.74) is 0. The van der Waals surface area contributed by atoms with Gasteiger partial charge in [-0.2, -0.15) is 0 Å². The zero-order valence-corrected chi connectivity index (χ0v) is 17.6. The van der Waals surface area contributed by atoms with Gasteiger partial charge in [-0.3, -0.25) is 4.79 Å². The lowest BCUT2D eigenvalue weighted by Gasteiger charge is -2.31. The highest BCUT2D eigenvalue weighted by molar-refractivity contribution is 7.89. The smallest absolute Gasteiger partial charge is 0.240 e. The van der Waals surface area contributed by atoms with Crippen molar-refractivity contribution in [2.24, 2.45) is 0 Å². The molecular formula is C18H28ClN3O5S. The molecule has 3 rings (SSSR count). The van der Waals surface area contributed by atoms with Gasteiger partial charge in [-0.05, 0) is 38.1 Å². The molecule has 28 heavy (non-hydrogen) atoms. The van der Waals surface area contributed by atoms with Crippen LogP contribution >= 0.6 is 12.4 Å². The number of carbonyl (C=O) groups is 1. The molecule has 8 nitrogen and oxygen atoms in total. The maximum absolute atomic E-state index is 12.5. The minimum atomic E-state index is -3.72. The fourth-order valence-corrected chi connectivity index (χ4v) is 4.31. The van der Waals surface area contributed by atoms with Crippen LogP contribution in [0.1, 0.15) is 25.7 Å². The molecule has 1 fully saturated rings. The average Bonchev–Trinajstić information content (AvgIpc) is 2.92. The number of rotatable bonds is 6. The Morgan fingerprint density at radius 3 is 2.61 bits per heavy atom. The van der Waals surface area contributed by atoms with Crippen LogP contribution < -0.4 is 19.5 Å². The van der Waals surface area contributed by atoms with E-state index in [0.717, 1.165) is 32.4 Å². The Bertz CT molecular complexity index is 768. The molecule has 158 valence electrons. The van der Waals surface area contributed by atoms with Crippen molar-refractivity contribution in [1.82, 2.24) is 14.9 Å². The van der Waals surface area contributed by atoms with E-state index in [1.807, 2.05) is 0 Å². The van der Waals surface area contributed by atoms with Crippen LogP contribution in [0.4, 0.5) is 0 Å². The second-order valence-corrected chi connectivity index (χ2v) is 8.56. The molecule has 1 amide bonds. The fraction of sp³-hybridized carbons (Fsp3) is 0.611. The number of sulfonamides is 1. The van der Waals surface area contributed by atoms with Gasteiger partial charge in [0.2, 0.25) is 15.9 Å². The second-order valence-electron chi connectivity index (χ2n) is 6.79. The van der Waals surface area contributed by atoms with E-state index in [9.17, 15) is 13.2 Å². The van der Waals surface area contributed by atoms with E-state index >= 15 is 0 Å². The first-order chi connectivity index (χ1) is 13.0. The number of carbonyl (C=O) groups excluding carboxylic acids is 1. The van der Waals surface area contributed by atoms with Crippen LogP contribution in [0.2, 0.25) is 0 Å². The van der Waals surface area contributed by atoms with Crippen molar-refractivity contribution in [3.8, 4) is 11.5 Å². The summed E-state index contributed by atoms with van der Waals surface area (Å²) in [5.74, 6) is 0.922. The van der Waals surface area contributed by atoms with E-state index in [2.05, 4.69) is 10.0 Å². The number of ether oxygens (including phenoxy) is 2. The molecule has 0 aliphatic carbocycles. The molecule has 2 N–H and O–H groups in total. The van der Waals surface area contributed by atoms with Gasteiger partial charge in [0.05, 0.1) is 18.1 Å². The zero-order valence-electron chi connectivity index (χ0n) is 16.0. The standard InChI is InChI=1S/C18H27N3O5S.ClH/c1-21(14-5-8-19-9-6-14)18(22)7-10-20-27(23,24)15-3-4-16-17(13-15)26-12-2-11-25-16;/h3-4,13-14,19-20H,2,5-12H2,1H3;1H. The summed E-state index contributed by atoms with van der Waals surface area (Å²) >= 11 is 0. The number of nitrogens with one attached hydrogen (secondary N) is 2. The van der Waals surface area contributed by atoms with Crippen LogP contribution in [0.5, 0.6) is 11.5 Å². The fourth-order valence-electron chi connectivity index (χ4n) is 3.26. The first-order valence-corrected chi connectivity index (χ1v) is 10.8. The number of hydrogen-bond acceptors (Lipinski definition) is 6. The van der Waals surface area contributed by atoms with E-state index < -0.39 is 10.0 Å². The Balaban J connectivity index is 0.00000280. The highest BCUT2D eigenvalue weighted by atomic mass is 35.5. The van der Waals surface area contributed by atoms with Crippen molar-refractivity contribution in [3.63, 3.8) is 0 Å². The summed E-state index contributed by atoms with van der Waals surface area (Å²) in [6, 6.07) is 4.77. The molecule has 1 aromatic rings. The first-order valence-electron chi connectivity index (χ1n) is 9.33. The maximum Gasteiger partial charge on any atom is 0.240 e. The highest BCUT2D eigenvalue weighted by Crippen LogP contribution is 2.31. The number of amides is 1. The summed E-state index contributed by atoms with van der Waals surface area (Å²) in [5, 5.41) is 3.27. The zero-order chi connectivity index (χ0) is 19.3. The molecule has 1 aromatic carbocycles. The summed E-state index contributed by atoms with van der Waals surface area (Å²) in [6.07, 6.45) is 2.72. The summed E-state index contributed by atoms with van der Waals surface area (Å²) in [7, 11) is -1.93. The number of benzene rings is 1. The van der Waals surface area contributed by atoms with Gasteiger partial charge in [-0.15, -0.1) is 12.4 Å². The van der Waals surface area contributed by atoms with Crippen molar-refractivity contribution >= 4 is 28.3 Å². The molecule has 0 unspecified atom stereocenters. The van der Waals surface area contributed by atoms with E-state index in [0.29, 0.717) is 24.7 Å². The molecule has 0 spiro atoms. The van der Waals surface area contributed by atoms with Crippen LogP contribution in [-0.2, 0) is 14.8 Å². The van der Waals surface area contributed by atoms with Gasteiger partial charge < -0.3 is 19.7 Å². The molecule has 2 aliphatic rings. The van der Waals surface area contributed by atoms with Gasteiger partial charge in [0.15, 0.2) is 11.5 Å². The van der Waals surface area contributed by atoms with Gasteiger partial charge in [0.1, 0.15) is 0 Å². The van der Waals surface area contributed by atoms with Crippen LogP contribution in [0.25, 0.3) is 0 Å². The molecule has 1 saturated heterocycles. The van der Waals surface area contributed by atoms with Crippen molar-refractivity contribution in [1.29, 1.82) is 0 Å². The van der Waals surface area contributed by atoms with E-state index in [4.69, 9.17) is 9.47 Å². The van der Waals surface area contributed by atoms with Crippen molar-refractivity contribution in [3.05, 3.63) is 18.2 Å². The van der Waals surface area contributed by atoms with Crippen LogP contribution in [0.3, 0.4) is 0 Å². The van der Waals surface area contributed by atoms with Crippen molar-refractivity contribution in [2.75, 3.05) is 39.9 Å². The van der Waals surface area contributed by atoms with Crippen LogP contribution in [0.15, 0.2) is 23.1 Å². The van der Waals surface area contributed by atoms with Gasteiger partial charge in [-0.25, -0.2) is 13.1 Å². The topological polar surface area (TPSA) is 97.0 Å². The third-order valence-corrected chi connectivity index (χ3v) is 6.37. The Hall–Kier alpha value is -1.55. The number of nitrogens with zero attached hydrogens (tertiary/aromatic N) is 1. The third kappa shape index (κ3) is 5.73. The minimum Gasteiger partial charge on any atom is -0.490 e. The monoisotopic (exact) mass is 433 g/mol. The molecule has 10 heteroatoms. The van der Waals surface area contributed by atoms with E-state index in [-0.39, 0.29) is 42.2 Å². The predicted molar refractivity (Wildman–Crippen MR) is 108 cm³/mol. The number of hydrogen-bond donors (Lipinski definition) is 2. The number of piperidine rings is 1. The average molecular weight is 434 g/mol. The largest absolute Gasteiger partial charge is 0.490 e. The highest BCUT2D eigenvalue weighted by Gasteiger charge is 2.23. The number of halogens is 1. The lowest BCUT2D eigenvalue weighted by Crippen LogP contribution is -2.44. The maximum atomic E-state index is 12.5. The second kappa shape index (κ2) is 10.3. The molecule has 0 aromatic heterocycles. The Labute approximate surface area is 172 Å². The van der Waals surface area contributed by atoms with E-state index in [1.54, 1.807) is 18.0 Å². The Kier molecular flexibility index (Phi) is 8.36. The molecule has 0 atom stereocenters. The van der Waals surface area contributed by atoms with E-state index in [1.165, 1.54) is 12.1 Å². The Morgan fingerprint density at radius 2 is 1.89 bits per heavy atom. The summed E-state index contributed by atoms with van der Waals surface area (Å²) in [4.78, 5) is 14.2. The van der Waals surface area contributed by atoms with Crippen molar-refractivity contribution < 1.29 is 22.7 Å². The molecule has 0 saturated carbocycles. The molecular weight excluding hydrogens is 406 g/mol. The number of fused-ring (bicyclic) bond motifs is 1. The molecule has 0 bridgehead atoms. The lowest BCUT2D eigenvalue weighted by molar-refractivity contribution is -0.132.